The standard InChI is InChI=1S/C23H23FN6O2/c1-23(32)12-3-2-4-13-25-21(31)17-14-26-22(27-16-10-8-15(24)9-11-16)30-20(17)29-19-7-5-6-18(23)28-19/h2,4-11,14,32H,3,12-13H2,1H3,(H,25,31)(H2,26,27,28,29,30)/b4-2-/t23-/m1/s1. The van der Waals surface area contributed by atoms with E-state index in [0.717, 1.165) is 0 Å². The number of halogens is 1. The number of hydrogen-bond acceptors (Lipinski definition) is 7. The molecule has 8 nitrogen and oxygen atoms in total. The Morgan fingerprint density at radius 1 is 1.12 bits per heavy atom. The molecule has 4 N–H and O–H groups in total. The molecule has 0 saturated carbocycles. The van der Waals surface area contributed by atoms with Crippen LogP contribution >= 0.6 is 0 Å². The van der Waals surface area contributed by atoms with Gasteiger partial charge in [-0.25, -0.2) is 14.4 Å². The number of hydrogen-bond donors (Lipinski definition) is 4. The number of amides is 1. The largest absolute Gasteiger partial charge is 0.384 e. The Morgan fingerprint density at radius 2 is 1.94 bits per heavy atom. The van der Waals surface area contributed by atoms with Crippen molar-refractivity contribution in [1.82, 2.24) is 20.3 Å². The zero-order valence-corrected chi connectivity index (χ0v) is 17.5. The molecule has 0 fully saturated rings. The zero-order valence-electron chi connectivity index (χ0n) is 17.5. The average molecular weight is 434 g/mol. The third kappa shape index (κ3) is 5.06. The van der Waals surface area contributed by atoms with Crippen LogP contribution < -0.4 is 16.0 Å². The van der Waals surface area contributed by atoms with Crippen LogP contribution in [0.25, 0.3) is 0 Å². The minimum absolute atomic E-state index is 0.222. The van der Waals surface area contributed by atoms with Gasteiger partial charge in [0, 0.05) is 18.4 Å². The molecule has 0 unspecified atom stereocenters. The summed E-state index contributed by atoms with van der Waals surface area (Å²) in [7, 11) is 0. The van der Waals surface area contributed by atoms with Gasteiger partial charge in [0.05, 0.1) is 5.69 Å². The van der Waals surface area contributed by atoms with Crippen LogP contribution in [0.4, 0.5) is 27.7 Å². The zero-order chi connectivity index (χ0) is 22.6. The van der Waals surface area contributed by atoms with Crippen molar-refractivity contribution < 1.29 is 14.3 Å². The van der Waals surface area contributed by atoms with Crippen molar-refractivity contribution in [2.45, 2.75) is 25.4 Å². The number of fused-ring (bicyclic) bond motifs is 3. The highest BCUT2D eigenvalue weighted by molar-refractivity contribution is 5.99. The Balaban J connectivity index is 1.71. The van der Waals surface area contributed by atoms with Crippen molar-refractivity contribution in [2.24, 2.45) is 0 Å². The lowest BCUT2D eigenvalue weighted by molar-refractivity contribution is 0.0444. The Labute approximate surface area is 184 Å². The van der Waals surface area contributed by atoms with E-state index in [4.69, 9.17) is 0 Å². The summed E-state index contributed by atoms with van der Waals surface area (Å²) in [6.07, 6.45) is 6.28. The predicted octanol–water partition coefficient (Wildman–Crippen LogP) is 3.79. The van der Waals surface area contributed by atoms with Crippen molar-refractivity contribution in [2.75, 3.05) is 17.2 Å². The van der Waals surface area contributed by atoms with Crippen molar-refractivity contribution in [3.63, 3.8) is 0 Å². The number of anilines is 4. The smallest absolute Gasteiger partial charge is 0.256 e. The Bertz CT molecular complexity index is 1150. The van der Waals surface area contributed by atoms with E-state index in [1.54, 1.807) is 37.3 Å². The number of nitrogens with one attached hydrogen (secondary N) is 3. The van der Waals surface area contributed by atoms with Gasteiger partial charge in [0.25, 0.3) is 5.91 Å². The van der Waals surface area contributed by atoms with Crippen molar-refractivity contribution in [3.8, 4) is 0 Å². The number of nitrogens with zero attached hydrogens (tertiary/aromatic N) is 3. The topological polar surface area (TPSA) is 112 Å². The molecule has 1 amide bonds. The Morgan fingerprint density at radius 3 is 2.75 bits per heavy atom. The molecule has 0 aliphatic carbocycles. The normalized spacial score (nSPS) is 19.7. The lowest BCUT2D eigenvalue weighted by Gasteiger charge is -2.23. The van der Waals surface area contributed by atoms with E-state index in [2.05, 4.69) is 30.9 Å². The van der Waals surface area contributed by atoms with Crippen molar-refractivity contribution in [1.29, 1.82) is 0 Å². The summed E-state index contributed by atoms with van der Waals surface area (Å²) in [6.45, 7) is 2.06. The lowest BCUT2D eigenvalue weighted by atomic mass is 9.95. The van der Waals surface area contributed by atoms with Gasteiger partial charge in [0.15, 0.2) is 0 Å². The minimum Gasteiger partial charge on any atom is -0.384 e. The number of aliphatic hydroxyl groups is 1. The SMILES string of the molecule is C[C@@]1(O)CC/C=C\CNC(=O)c2cnc(Nc3ccc(F)cc3)nc2Nc2cccc1n2. The fourth-order valence-electron chi connectivity index (χ4n) is 3.23. The molecule has 9 heteroatoms. The summed E-state index contributed by atoms with van der Waals surface area (Å²) < 4.78 is 13.2. The first-order valence-corrected chi connectivity index (χ1v) is 10.2. The van der Waals surface area contributed by atoms with Gasteiger partial charge in [-0.2, -0.15) is 4.98 Å². The fourth-order valence-corrected chi connectivity index (χ4v) is 3.23. The Kier molecular flexibility index (Phi) is 6.09. The molecule has 1 atom stereocenters. The predicted molar refractivity (Wildman–Crippen MR) is 120 cm³/mol. The number of carbonyl (C=O) groups excluding carboxylic acids is 1. The molecule has 0 saturated heterocycles. The molecule has 1 aliphatic rings. The van der Waals surface area contributed by atoms with E-state index in [-0.39, 0.29) is 29.1 Å². The van der Waals surface area contributed by atoms with Gasteiger partial charge in [-0.3, -0.25) is 4.79 Å². The van der Waals surface area contributed by atoms with Crippen LogP contribution in [0.1, 0.15) is 35.8 Å². The number of benzene rings is 1. The van der Waals surface area contributed by atoms with E-state index >= 15 is 0 Å². The second kappa shape index (κ2) is 9.11. The van der Waals surface area contributed by atoms with Crippen LogP contribution in [-0.2, 0) is 5.60 Å². The molecule has 2 bridgehead atoms. The monoisotopic (exact) mass is 434 g/mol. The molecular formula is C23H23FN6O2. The molecule has 3 heterocycles. The highest BCUT2D eigenvalue weighted by atomic mass is 19.1. The van der Waals surface area contributed by atoms with Crippen LogP contribution in [0.3, 0.4) is 0 Å². The molecule has 164 valence electrons. The van der Waals surface area contributed by atoms with E-state index in [0.29, 0.717) is 36.6 Å². The molecule has 3 aromatic rings. The maximum Gasteiger partial charge on any atom is 0.256 e. The second-order valence-corrected chi connectivity index (χ2v) is 7.61. The summed E-state index contributed by atoms with van der Waals surface area (Å²) >= 11 is 0. The minimum atomic E-state index is -1.11. The number of aromatic nitrogens is 3. The first kappa shape index (κ1) is 21.4. The molecule has 0 spiro atoms. The highest BCUT2D eigenvalue weighted by Crippen LogP contribution is 2.27. The Hall–Kier alpha value is -3.85. The van der Waals surface area contributed by atoms with E-state index < -0.39 is 5.60 Å². The molecular weight excluding hydrogens is 411 g/mol. The van der Waals surface area contributed by atoms with Gasteiger partial charge in [-0.15, -0.1) is 0 Å². The van der Waals surface area contributed by atoms with Crippen molar-refractivity contribution >= 4 is 29.2 Å². The number of carbonyl (C=O) groups is 1. The molecule has 32 heavy (non-hydrogen) atoms. The number of pyridine rings is 1. The summed E-state index contributed by atoms with van der Waals surface area (Å²) in [4.78, 5) is 25.9. The molecule has 4 rings (SSSR count). The quantitative estimate of drug-likeness (QED) is 0.454. The highest BCUT2D eigenvalue weighted by Gasteiger charge is 2.24. The second-order valence-electron chi connectivity index (χ2n) is 7.61. The van der Waals surface area contributed by atoms with Crippen LogP contribution in [0.15, 0.2) is 60.8 Å². The summed E-state index contributed by atoms with van der Waals surface area (Å²) in [5, 5.41) is 19.7. The van der Waals surface area contributed by atoms with E-state index in [1.807, 2.05) is 12.2 Å². The molecule has 1 aromatic carbocycles. The summed E-state index contributed by atoms with van der Waals surface area (Å²) in [5.41, 5.74) is 0.230. The van der Waals surface area contributed by atoms with Gasteiger partial charge < -0.3 is 21.1 Å². The lowest BCUT2D eigenvalue weighted by Crippen LogP contribution is -2.26. The number of allylic oxidation sites excluding steroid dienone is 1. The maximum absolute atomic E-state index is 13.2. The van der Waals surface area contributed by atoms with Gasteiger partial charge in [-0.1, -0.05) is 18.2 Å². The first-order valence-electron chi connectivity index (χ1n) is 10.2. The van der Waals surface area contributed by atoms with Crippen LogP contribution in [0.2, 0.25) is 0 Å². The van der Waals surface area contributed by atoms with Crippen molar-refractivity contribution in [3.05, 3.63) is 77.9 Å². The molecule has 2 aromatic heterocycles. The number of rotatable bonds is 2. The van der Waals surface area contributed by atoms with Gasteiger partial charge in [0.2, 0.25) is 5.95 Å². The first-order chi connectivity index (χ1) is 15.4. The molecule has 1 aliphatic heterocycles. The third-order valence-electron chi connectivity index (χ3n) is 5.03. The van der Waals surface area contributed by atoms with Gasteiger partial charge in [0.1, 0.15) is 28.6 Å². The van der Waals surface area contributed by atoms with Gasteiger partial charge >= 0.3 is 0 Å². The summed E-state index contributed by atoms with van der Waals surface area (Å²) in [5.74, 6) is 0.198. The fraction of sp³-hybridized carbons (Fsp3) is 0.217. The maximum atomic E-state index is 13.2. The van der Waals surface area contributed by atoms with Crippen LogP contribution in [0.5, 0.6) is 0 Å². The molecule has 0 radical (unpaired) electrons. The van der Waals surface area contributed by atoms with E-state index in [1.165, 1.54) is 18.3 Å². The van der Waals surface area contributed by atoms with E-state index in [9.17, 15) is 14.3 Å². The summed E-state index contributed by atoms with van der Waals surface area (Å²) in [6, 6.07) is 11.0. The van der Waals surface area contributed by atoms with Crippen LogP contribution in [0, 0.1) is 5.82 Å². The van der Waals surface area contributed by atoms with Gasteiger partial charge in [-0.05, 0) is 56.2 Å². The average Bonchev–Trinajstić information content (AvgIpc) is 2.77. The third-order valence-corrected chi connectivity index (χ3v) is 5.03. The van der Waals surface area contributed by atoms with Crippen LogP contribution in [-0.4, -0.2) is 32.5 Å².